The summed E-state index contributed by atoms with van der Waals surface area (Å²) in [4.78, 5) is 23.8. The molecule has 4 aromatic carbocycles. The Morgan fingerprint density at radius 3 is 2.54 bits per heavy atom. The van der Waals surface area contributed by atoms with Gasteiger partial charge in [0, 0.05) is 15.4 Å². The van der Waals surface area contributed by atoms with E-state index in [1.165, 1.54) is 18.3 Å². The Balaban J connectivity index is 1.38. The number of hydrazone groups is 1. The van der Waals surface area contributed by atoms with Crippen LogP contribution in [0.15, 0.2) is 97.3 Å². The highest BCUT2D eigenvalue weighted by molar-refractivity contribution is 9.11. The zero-order valence-corrected chi connectivity index (χ0v) is 22.2. The number of ether oxygens (including phenoxy) is 1. The number of carboxylic acids is 1. The van der Waals surface area contributed by atoms with E-state index in [9.17, 15) is 9.59 Å². The van der Waals surface area contributed by atoms with Crippen LogP contribution in [-0.4, -0.2) is 23.2 Å². The van der Waals surface area contributed by atoms with Crippen LogP contribution >= 0.6 is 31.9 Å². The molecule has 1 heterocycles. The van der Waals surface area contributed by atoms with Gasteiger partial charge >= 0.3 is 11.9 Å². The number of benzene rings is 4. The second kappa shape index (κ2) is 10.6. The minimum atomic E-state index is -0.981. The summed E-state index contributed by atoms with van der Waals surface area (Å²) >= 11 is 6.87. The summed E-state index contributed by atoms with van der Waals surface area (Å²) in [5.41, 5.74) is 4.81. The fourth-order valence-electron chi connectivity index (χ4n) is 3.84. The third kappa shape index (κ3) is 5.42. The van der Waals surface area contributed by atoms with Crippen LogP contribution < -0.4 is 10.2 Å². The molecule has 0 aliphatic carbocycles. The maximum absolute atomic E-state index is 12.7. The Hall–Kier alpha value is -3.95. The Bertz CT molecular complexity index is 1680. The van der Waals surface area contributed by atoms with E-state index in [2.05, 4.69) is 42.4 Å². The number of carboxylic acid groups (broad SMARTS) is 1. The number of hydrogen-bond acceptors (Lipinski definition) is 5. The summed E-state index contributed by atoms with van der Waals surface area (Å²) in [6, 6.07) is 23.4. The molecule has 37 heavy (non-hydrogen) atoms. The second-order valence-electron chi connectivity index (χ2n) is 8.11. The first-order valence-electron chi connectivity index (χ1n) is 11.1. The molecule has 0 fully saturated rings. The predicted molar refractivity (Wildman–Crippen MR) is 148 cm³/mol. The predicted octanol–water partition coefficient (Wildman–Crippen LogP) is 7.15. The number of aromatic carboxylic acids is 1. The first kappa shape index (κ1) is 24.7. The molecule has 0 aliphatic rings. The van der Waals surface area contributed by atoms with Crippen LogP contribution in [0, 0.1) is 0 Å². The fraction of sp³-hybridized carbons (Fsp3) is 0.0357. The van der Waals surface area contributed by atoms with Gasteiger partial charge in [-0.2, -0.15) is 5.10 Å². The molecule has 7 nitrogen and oxygen atoms in total. The average molecular weight is 622 g/mol. The molecule has 0 aliphatic heterocycles. The lowest BCUT2D eigenvalue weighted by Gasteiger charge is -2.12. The molecule has 0 bridgehead atoms. The molecule has 5 rings (SSSR count). The van der Waals surface area contributed by atoms with Crippen molar-refractivity contribution in [1.29, 1.82) is 0 Å². The quantitative estimate of drug-likeness (QED) is 0.148. The number of furan rings is 1. The highest BCUT2D eigenvalue weighted by Crippen LogP contribution is 2.31. The number of carbonyl (C=O) groups is 2. The van der Waals surface area contributed by atoms with Gasteiger partial charge in [0.1, 0.15) is 17.9 Å². The molecule has 0 saturated carbocycles. The lowest BCUT2D eigenvalue weighted by molar-refractivity contribution is 0.0696. The molecule has 0 saturated heterocycles. The van der Waals surface area contributed by atoms with Crippen LogP contribution in [0.1, 0.15) is 32.0 Å². The third-order valence-corrected chi connectivity index (χ3v) is 6.69. The molecule has 9 heteroatoms. The van der Waals surface area contributed by atoms with Crippen molar-refractivity contribution in [3.8, 4) is 5.75 Å². The molecule has 184 valence electrons. The number of amides is 1. The molecule has 0 radical (unpaired) electrons. The van der Waals surface area contributed by atoms with E-state index in [1.807, 2.05) is 48.5 Å². The molecular formula is C28H18Br2N2O5. The summed E-state index contributed by atoms with van der Waals surface area (Å²) in [6.45, 7) is 0.231. The van der Waals surface area contributed by atoms with Gasteiger partial charge in [-0.25, -0.2) is 10.2 Å². The normalized spacial score (nSPS) is 11.3. The minimum Gasteiger partial charge on any atom is -0.488 e. The highest BCUT2D eigenvalue weighted by Gasteiger charge is 2.15. The van der Waals surface area contributed by atoms with Gasteiger partial charge in [-0.3, -0.25) is 4.79 Å². The molecule has 0 atom stereocenters. The van der Waals surface area contributed by atoms with Crippen molar-refractivity contribution in [1.82, 2.24) is 5.43 Å². The van der Waals surface area contributed by atoms with Crippen molar-refractivity contribution in [2.75, 3.05) is 0 Å². The topological polar surface area (TPSA) is 101 Å². The van der Waals surface area contributed by atoms with Gasteiger partial charge in [0.15, 0.2) is 5.76 Å². The molecule has 2 N–H and O–H groups in total. The van der Waals surface area contributed by atoms with Gasteiger partial charge in [0.25, 0.3) is 0 Å². The molecule has 1 aromatic heterocycles. The first-order valence-corrected chi connectivity index (χ1v) is 12.7. The van der Waals surface area contributed by atoms with Crippen LogP contribution in [0.3, 0.4) is 0 Å². The molecule has 1 amide bonds. The van der Waals surface area contributed by atoms with Crippen LogP contribution in [-0.2, 0) is 6.61 Å². The number of nitrogens with zero attached hydrogens (tertiary/aromatic N) is 1. The second-order valence-corrected chi connectivity index (χ2v) is 9.88. The van der Waals surface area contributed by atoms with E-state index < -0.39 is 11.9 Å². The van der Waals surface area contributed by atoms with Crippen LogP contribution in [0.5, 0.6) is 5.75 Å². The maximum atomic E-state index is 12.7. The molecule has 5 aromatic rings. The van der Waals surface area contributed by atoms with Crippen molar-refractivity contribution >= 4 is 71.7 Å². The van der Waals surface area contributed by atoms with E-state index in [0.29, 0.717) is 16.9 Å². The fourth-order valence-corrected chi connectivity index (χ4v) is 5.18. The van der Waals surface area contributed by atoms with Crippen molar-refractivity contribution < 1.29 is 23.8 Å². The summed E-state index contributed by atoms with van der Waals surface area (Å²) in [5.74, 6) is -0.774. The minimum absolute atomic E-state index is 0.130. The number of hydrogen-bond donors (Lipinski definition) is 2. The standard InChI is InChI=1S/C28H18Br2N2O5/c29-20-11-19-12-25(37-26(19)23(30)13-20)27(33)32-31-14-22-21-4-2-1-3-17(21)9-10-24(22)36-15-16-5-7-18(8-6-16)28(34)35/h1-14H,15H2,(H,32,33)(H,34,35)/b31-14-. The van der Waals surface area contributed by atoms with Crippen LogP contribution in [0.2, 0.25) is 0 Å². The Morgan fingerprint density at radius 2 is 1.76 bits per heavy atom. The SMILES string of the molecule is O=C(O)c1ccc(COc2ccc3ccccc3c2/C=N\NC(=O)c2cc3cc(Br)cc(Br)c3o2)cc1. The summed E-state index contributed by atoms with van der Waals surface area (Å²) < 4.78 is 13.4. The van der Waals surface area contributed by atoms with Crippen LogP contribution in [0.4, 0.5) is 0 Å². The van der Waals surface area contributed by atoms with Gasteiger partial charge in [-0.05, 0) is 68.7 Å². The van der Waals surface area contributed by atoms with Gasteiger partial charge in [0.2, 0.25) is 0 Å². The largest absolute Gasteiger partial charge is 0.488 e. The highest BCUT2D eigenvalue weighted by atomic mass is 79.9. The van der Waals surface area contributed by atoms with Crippen molar-refractivity contribution in [3.05, 3.63) is 110 Å². The smallest absolute Gasteiger partial charge is 0.335 e. The van der Waals surface area contributed by atoms with Crippen molar-refractivity contribution in [2.45, 2.75) is 6.61 Å². The van der Waals surface area contributed by atoms with Gasteiger partial charge in [-0.1, -0.05) is 58.4 Å². The summed E-state index contributed by atoms with van der Waals surface area (Å²) in [6.07, 6.45) is 1.54. The summed E-state index contributed by atoms with van der Waals surface area (Å²) in [5, 5.41) is 15.9. The van der Waals surface area contributed by atoms with E-state index in [0.717, 1.165) is 30.7 Å². The Kier molecular flexibility index (Phi) is 7.07. The van der Waals surface area contributed by atoms with E-state index in [1.54, 1.807) is 18.2 Å². The molecule has 0 spiro atoms. The van der Waals surface area contributed by atoms with Gasteiger partial charge in [0.05, 0.1) is 16.3 Å². The number of fused-ring (bicyclic) bond motifs is 2. The lowest BCUT2D eigenvalue weighted by atomic mass is 10.0. The monoisotopic (exact) mass is 620 g/mol. The van der Waals surface area contributed by atoms with Gasteiger partial charge < -0.3 is 14.3 Å². The number of carbonyl (C=O) groups excluding carboxylic acids is 1. The van der Waals surface area contributed by atoms with Crippen molar-refractivity contribution in [3.63, 3.8) is 0 Å². The average Bonchev–Trinajstić information content (AvgIpc) is 3.33. The number of nitrogens with one attached hydrogen (secondary N) is 1. The maximum Gasteiger partial charge on any atom is 0.335 e. The first-order chi connectivity index (χ1) is 17.9. The number of rotatable bonds is 7. The third-order valence-electron chi connectivity index (χ3n) is 5.65. The summed E-state index contributed by atoms with van der Waals surface area (Å²) in [7, 11) is 0. The van der Waals surface area contributed by atoms with Crippen molar-refractivity contribution in [2.24, 2.45) is 5.10 Å². The molecular weight excluding hydrogens is 604 g/mol. The van der Waals surface area contributed by atoms with E-state index >= 15 is 0 Å². The molecule has 0 unspecified atom stereocenters. The Morgan fingerprint density at radius 1 is 0.973 bits per heavy atom. The Labute approximate surface area is 228 Å². The zero-order valence-electron chi connectivity index (χ0n) is 19.1. The van der Waals surface area contributed by atoms with Gasteiger partial charge in [-0.15, -0.1) is 0 Å². The van der Waals surface area contributed by atoms with Crippen LogP contribution in [0.25, 0.3) is 21.7 Å². The lowest BCUT2D eigenvalue weighted by Crippen LogP contribution is -2.16. The zero-order chi connectivity index (χ0) is 25.9. The van der Waals surface area contributed by atoms with E-state index in [-0.39, 0.29) is 17.9 Å². The van der Waals surface area contributed by atoms with E-state index in [4.69, 9.17) is 14.3 Å². The number of halogens is 2.